The number of rotatable bonds is 5. The number of thioether (sulfide) groups is 1. The third-order valence-electron chi connectivity index (χ3n) is 6.55. The van der Waals surface area contributed by atoms with Gasteiger partial charge in [0.25, 0.3) is 0 Å². The van der Waals surface area contributed by atoms with Crippen molar-refractivity contribution in [2.24, 2.45) is 5.92 Å². The lowest BCUT2D eigenvalue weighted by molar-refractivity contribution is -0.134. The molecule has 8 heteroatoms. The van der Waals surface area contributed by atoms with Gasteiger partial charge in [0.1, 0.15) is 5.82 Å². The van der Waals surface area contributed by atoms with Crippen LogP contribution in [-0.2, 0) is 4.79 Å². The summed E-state index contributed by atoms with van der Waals surface area (Å²) in [4.78, 5) is 19.4. The Hall–Kier alpha value is -2.74. The number of aromatic nitrogens is 4. The number of carbonyl (C=O) groups is 1. The van der Waals surface area contributed by atoms with Crippen molar-refractivity contribution in [2.45, 2.75) is 49.7 Å². The third-order valence-corrected chi connectivity index (χ3v) is 7.46. The van der Waals surface area contributed by atoms with E-state index in [-0.39, 0.29) is 11.7 Å². The standard InChI is InChI=1S/C24H26FN5OS/c25-19-7-9-20(10-8-19)30-23(18-11-13-26-14-12-18)27-28-24(30)32-16-22(31)29-15-3-5-17-4-1-2-6-21(17)29/h7-14,17,21H,1-6,15-16H2/t17-,21-/m0/s1. The number of amides is 1. The van der Waals surface area contributed by atoms with E-state index in [1.165, 1.54) is 49.6 Å². The minimum atomic E-state index is -0.302. The Morgan fingerprint density at radius 1 is 1.00 bits per heavy atom. The van der Waals surface area contributed by atoms with E-state index in [2.05, 4.69) is 20.1 Å². The lowest BCUT2D eigenvalue weighted by Gasteiger charge is -2.44. The molecule has 6 nitrogen and oxygen atoms in total. The number of halogens is 1. The van der Waals surface area contributed by atoms with Crippen LogP contribution in [0.5, 0.6) is 0 Å². The summed E-state index contributed by atoms with van der Waals surface area (Å²) in [5, 5.41) is 9.39. The fraction of sp³-hybridized carbons (Fsp3) is 0.417. The SMILES string of the molecule is O=C(CSc1nnc(-c2ccncc2)n1-c1ccc(F)cc1)N1CCC[C@@H]2CCCC[C@@H]21. The first-order chi connectivity index (χ1) is 15.7. The summed E-state index contributed by atoms with van der Waals surface area (Å²) in [5.41, 5.74) is 1.61. The van der Waals surface area contributed by atoms with Crippen LogP contribution in [0.1, 0.15) is 38.5 Å². The second-order valence-corrected chi connectivity index (χ2v) is 9.43. The van der Waals surface area contributed by atoms with Gasteiger partial charge in [0, 0.05) is 36.2 Å². The van der Waals surface area contributed by atoms with Gasteiger partial charge in [-0.1, -0.05) is 24.6 Å². The molecule has 1 aliphatic heterocycles. The van der Waals surface area contributed by atoms with Crippen molar-refractivity contribution in [3.63, 3.8) is 0 Å². The Kier molecular flexibility index (Phi) is 6.21. The molecule has 2 fully saturated rings. The van der Waals surface area contributed by atoms with Crippen molar-refractivity contribution >= 4 is 17.7 Å². The van der Waals surface area contributed by atoms with Gasteiger partial charge < -0.3 is 4.90 Å². The Balaban J connectivity index is 1.39. The maximum absolute atomic E-state index is 13.5. The maximum Gasteiger partial charge on any atom is 0.233 e. The zero-order chi connectivity index (χ0) is 21.9. The molecule has 0 radical (unpaired) electrons. The predicted octanol–water partition coefficient (Wildman–Crippen LogP) is 4.74. The number of benzene rings is 1. The number of likely N-dealkylation sites (tertiary alicyclic amines) is 1. The van der Waals surface area contributed by atoms with E-state index in [0.29, 0.717) is 28.7 Å². The number of carbonyl (C=O) groups excluding carboxylic acids is 1. The minimum Gasteiger partial charge on any atom is -0.339 e. The van der Waals surface area contributed by atoms with Gasteiger partial charge in [0.2, 0.25) is 5.91 Å². The van der Waals surface area contributed by atoms with Gasteiger partial charge in [-0.05, 0) is 68.0 Å². The molecule has 2 aliphatic rings. The van der Waals surface area contributed by atoms with Gasteiger partial charge in [-0.25, -0.2) is 4.39 Å². The van der Waals surface area contributed by atoms with Crippen molar-refractivity contribution in [2.75, 3.05) is 12.3 Å². The normalized spacial score (nSPS) is 20.7. The van der Waals surface area contributed by atoms with Crippen LogP contribution in [0.3, 0.4) is 0 Å². The van der Waals surface area contributed by atoms with E-state index in [4.69, 9.17) is 0 Å². The Bertz CT molecular complexity index is 1070. The zero-order valence-corrected chi connectivity index (χ0v) is 18.7. The summed E-state index contributed by atoms with van der Waals surface area (Å²) in [7, 11) is 0. The maximum atomic E-state index is 13.5. The first-order valence-corrected chi connectivity index (χ1v) is 12.2. The van der Waals surface area contributed by atoms with E-state index in [0.717, 1.165) is 30.6 Å². The quantitative estimate of drug-likeness (QED) is 0.524. The summed E-state index contributed by atoms with van der Waals surface area (Å²) in [5.74, 6) is 1.49. The van der Waals surface area contributed by atoms with Crippen molar-refractivity contribution in [1.82, 2.24) is 24.6 Å². The van der Waals surface area contributed by atoms with Crippen LogP contribution in [0.4, 0.5) is 4.39 Å². The fourth-order valence-corrected chi connectivity index (χ4v) is 5.86. The summed E-state index contributed by atoms with van der Waals surface area (Å²) in [6, 6.07) is 10.4. The number of piperidine rings is 1. The second-order valence-electron chi connectivity index (χ2n) is 8.48. The Labute approximate surface area is 191 Å². The van der Waals surface area contributed by atoms with Crippen LogP contribution in [0, 0.1) is 11.7 Å². The average Bonchev–Trinajstić information content (AvgIpc) is 3.27. The van der Waals surface area contributed by atoms with E-state index < -0.39 is 0 Å². The highest BCUT2D eigenvalue weighted by Gasteiger charge is 2.35. The molecule has 3 aromatic rings. The van der Waals surface area contributed by atoms with Gasteiger partial charge in [0.15, 0.2) is 11.0 Å². The minimum absolute atomic E-state index is 0.172. The molecule has 0 unspecified atom stereocenters. The number of fused-ring (bicyclic) bond motifs is 1. The van der Waals surface area contributed by atoms with Crippen molar-refractivity contribution in [3.8, 4) is 17.1 Å². The summed E-state index contributed by atoms with van der Waals surface area (Å²) in [6.45, 7) is 0.855. The van der Waals surface area contributed by atoms with Gasteiger partial charge >= 0.3 is 0 Å². The molecule has 1 amide bonds. The molecule has 0 bridgehead atoms. The monoisotopic (exact) mass is 451 g/mol. The molecule has 3 heterocycles. The number of hydrogen-bond donors (Lipinski definition) is 0. The largest absolute Gasteiger partial charge is 0.339 e. The summed E-state index contributed by atoms with van der Waals surface area (Å²) < 4.78 is 15.4. The topological polar surface area (TPSA) is 63.9 Å². The summed E-state index contributed by atoms with van der Waals surface area (Å²) >= 11 is 1.39. The van der Waals surface area contributed by atoms with Crippen LogP contribution in [0.15, 0.2) is 53.9 Å². The first-order valence-electron chi connectivity index (χ1n) is 11.2. The van der Waals surface area contributed by atoms with Crippen LogP contribution in [-0.4, -0.2) is 48.9 Å². The van der Waals surface area contributed by atoms with Crippen LogP contribution in [0.2, 0.25) is 0 Å². The average molecular weight is 452 g/mol. The van der Waals surface area contributed by atoms with Crippen LogP contribution >= 0.6 is 11.8 Å². The highest BCUT2D eigenvalue weighted by Crippen LogP contribution is 2.36. The lowest BCUT2D eigenvalue weighted by atomic mass is 9.78. The molecule has 1 saturated heterocycles. The van der Waals surface area contributed by atoms with E-state index in [1.54, 1.807) is 24.5 Å². The number of hydrogen-bond acceptors (Lipinski definition) is 5. The predicted molar refractivity (Wildman–Crippen MR) is 122 cm³/mol. The van der Waals surface area contributed by atoms with Crippen molar-refractivity contribution in [3.05, 3.63) is 54.6 Å². The van der Waals surface area contributed by atoms with E-state index >= 15 is 0 Å². The van der Waals surface area contributed by atoms with Crippen molar-refractivity contribution in [1.29, 1.82) is 0 Å². The smallest absolute Gasteiger partial charge is 0.233 e. The molecule has 2 aromatic heterocycles. The third kappa shape index (κ3) is 4.28. The molecule has 2 atom stereocenters. The van der Waals surface area contributed by atoms with Gasteiger partial charge in [-0.2, -0.15) is 0 Å². The zero-order valence-electron chi connectivity index (χ0n) is 17.9. The highest BCUT2D eigenvalue weighted by molar-refractivity contribution is 7.99. The van der Waals surface area contributed by atoms with E-state index in [1.807, 2.05) is 16.7 Å². The Morgan fingerprint density at radius 3 is 2.56 bits per heavy atom. The molecule has 0 N–H and O–H groups in total. The molecule has 1 aromatic carbocycles. The fourth-order valence-electron chi connectivity index (χ4n) is 5.02. The lowest BCUT2D eigenvalue weighted by Crippen LogP contribution is -2.50. The van der Waals surface area contributed by atoms with Crippen LogP contribution < -0.4 is 0 Å². The van der Waals surface area contributed by atoms with E-state index in [9.17, 15) is 9.18 Å². The molecule has 1 aliphatic carbocycles. The molecular formula is C24H26FN5OS. The van der Waals surface area contributed by atoms with Gasteiger partial charge in [-0.15, -0.1) is 10.2 Å². The van der Waals surface area contributed by atoms with Gasteiger partial charge in [0.05, 0.1) is 5.75 Å². The molecule has 166 valence electrons. The molecular weight excluding hydrogens is 425 g/mol. The molecule has 32 heavy (non-hydrogen) atoms. The molecule has 0 spiro atoms. The molecule has 5 rings (SSSR count). The highest BCUT2D eigenvalue weighted by atomic mass is 32.2. The Morgan fingerprint density at radius 2 is 1.75 bits per heavy atom. The number of nitrogens with zero attached hydrogens (tertiary/aromatic N) is 5. The summed E-state index contributed by atoms with van der Waals surface area (Å²) in [6.07, 6.45) is 10.6. The molecule has 1 saturated carbocycles. The first kappa shape index (κ1) is 21.1. The van der Waals surface area contributed by atoms with Crippen LogP contribution in [0.25, 0.3) is 17.1 Å². The number of pyridine rings is 1. The van der Waals surface area contributed by atoms with Crippen molar-refractivity contribution < 1.29 is 9.18 Å². The second kappa shape index (κ2) is 9.40. The van der Waals surface area contributed by atoms with Gasteiger partial charge in [-0.3, -0.25) is 14.3 Å².